The fourth-order valence-electron chi connectivity index (χ4n) is 2.25. The van der Waals surface area contributed by atoms with E-state index < -0.39 is 5.97 Å². The molecular weight excluding hydrogens is 223 g/mol. The van der Waals surface area contributed by atoms with Gasteiger partial charge in [-0.05, 0) is 40.3 Å². The molecule has 0 fully saturated rings. The third-order valence-electron chi connectivity index (χ3n) is 3.03. The number of hydrogen-bond donors (Lipinski definition) is 0. The first-order valence-corrected chi connectivity index (χ1v) is 5.18. The minimum absolute atomic E-state index is 0. The van der Waals surface area contributed by atoms with Gasteiger partial charge in [0.15, 0.2) is 0 Å². The Morgan fingerprint density at radius 2 is 1.71 bits per heavy atom. The Morgan fingerprint density at radius 3 is 2.47 bits per heavy atom. The van der Waals surface area contributed by atoms with E-state index in [1.54, 1.807) is 12.1 Å². The molecule has 0 atom stereocenters. The fraction of sp³-hybridized carbons (Fsp3) is 0.0714. The topological polar surface area (TPSA) is 40.1 Å². The van der Waals surface area contributed by atoms with Gasteiger partial charge in [0.25, 0.3) is 0 Å². The molecule has 0 bridgehead atoms. The molecule has 0 saturated heterocycles. The van der Waals surface area contributed by atoms with Crippen LogP contribution in [-0.4, -0.2) is 5.97 Å². The second-order valence-corrected chi connectivity index (χ2v) is 3.99. The van der Waals surface area contributed by atoms with Crippen molar-refractivity contribution in [1.29, 1.82) is 0 Å². The number of carboxylic acids is 1. The first-order valence-electron chi connectivity index (χ1n) is 5.18. The van der Waals surface area contributed by atoms with Crippen LogP contribution in [-0.2, 0) is 6.42 Å². The molecule has 0 aliphatic heterocycles. The summed E-state index contributed by atoms with van der Waals surface area (Å²) in [6.07, 6.45) is 0.888. The van der Waals surface area contributed by atoms with Crippen molar-refractivity contribution in [2.45, 2.75) is 6.42 Å². The summed E-state index contributed by atoms with van der Waals surface area (Å²) in [4.78, 5) is 10.8. The summed E-state index contributed by atoms with van der Waals surface area (Å²) < 4.78 is 0. The van der Waals surface area contributed by atoms with Gasteiger partial charge >= 0.3 is 29.6 Å². The van der Waals surface area contributed by atoms with Gasteiger partial charge in [-0.3, -0.25) is 0 Å². The van der Waals surface area contributed by atoms with Crippen LogP contribution in [0.5, 0.6) is 0 Å². The zero-order chi connectivity index (χ0) is 11.1. The third kappa shape index (κ3) is 2.04. The van der Waals surface area contributed by atoms with E-state index in [1.807, 2.05) is 24.3 Å². The molecule has 1 aliphatic carbocycles. The zero-order valence-electron chi connectivity index (χ0n) is 9.57. The minimum atomic E-state index is -1.12. The number of carboxylic acid groups (broad SMARTS) is 1. The Labute approximate surface area is 122 Å². The van der Waals surface area contributed by atoms with E-state index in [4.69, 9.17) is 0 Å². The maximum atomic E-state index is 10.8. The second kappa shape index (κ2) is 4.65. The van der Waals surface area contributed by atoms with Crippen LogP contribution in [0.15, 0.2) is 42.5 Å². The molecule has 0 radical (unpaired) electrons. The van der Waals surface area contributed by atoms with E-state index in [1.165, 1.54) is 11.1 Å². The average molecular weight is 232 g/mol. The molecule has 0 amide bonds. The Morgan fingerprint density at radius 1 is 1.00 bits per heavy atom. The molecule has 3 heteroatoms. The molecule has 0 spiro atoms. The largest absolute Gasteiger partial charge is 1.00 e. The van der Waals surface area contributed by atoms with E-state index in [-0.39, 0.29) is 35.1 Å². The smallest absolute Gasteiger partial charge is 0.545 e. The van der Waals surface area contributed by atoms with Crippen LogP contribution in [0.4, 0.5) is 0 Å². The van der Waals surface area contributed by atoms with Gasteiger partial charge in [-0.25, -0.2) is 0 Å². The molecule has 2 aromatic rings. The molecule has 3 rings (SSSR count). The van der Waals surface area contributed by atoms with Crippen molar-refractivity contribution in [1.82, 2.24) is 0 Å². The van der Waals surface area contributed by atoms with Gasteiger partial charge in [-0.1, -0.05) is 36.4 Å². The number of carbonyl (C=O) groups excluding carboxylic acids is 1. The van der Waals surface area contributed by atoms with Crippen LogP contribution < -0.4 is 34.7 Å². The van der Waals surface area contributed by atoms with Crippen LogP contribution in [0.2, 0.25) is 0 Å². The van der Waals surface area contributed by atoms with E-state index in [0.29, 0.717) is 0 Å². The van der Waals surface area contributed by atoms with Crippen molar-refractivity contribution in [3.63, 3.8) is 0 Å². The minimum Gasteiger partial charge on any atom is -0.545 e. The third-order valence-corrected chi connectivity index (χ3v) is 3.03. The molecular formula is C14H9NaO2. The molecule has 1 aliphatic rings. The van der Waals surface area contributed by atoms with Crippen molar-refractivity contribution >= 4 is 5.97 Å². The van der Waals surface area contributed by atoms with Gasteiger partial charge in [-0.15, -0.1) is 0 Å². The van der Waals surface area contributed by atoms with Crippen LogP contribution in [0.25, 0.3) is 11.1 Å². The van der Waals surface area contributed by atoms with Crippen LogP contribution >= 0.6 is 0 Å². The van der Waals surface area contributed by atoms with Gasteiger partial charge in [0.05, 0.1) is 5.97 Å². The van der Waals surface area contributed by atoms with Gasteiger partial charge < -0.3 is 9.90 Å². The van der Waals surface area contributed by atoms with Crippen LogP contribution in [0.3, 0.4) is 0 Å². The van der Waals surface area contributed by atoms with E-state index >= 15 is 0 Å². The molecule has 78 valence electrons. The molecule has 0 heterocycles. The van der Waals surface area contributed by atoms with E-state index in [9.17, 15) is 9.90 Å². The number of aromatic carboxylic acids is 1. The average Bonchev–Trinajstić information content (AvgIpc) is 2.66. The Bertz CT molecular complexity index is 591. The summed E-state index contributed by atoms with van der Waals surface area (Å²) in [7, 11) is 0. The summed E-state index contributed by atoms with van der Waals surface area (Å²) in [5.41, 5.74) is 4.85. The number of fused-ring (bicyclic) bond motifs is 3. The first-order chi connectivity index (χ1) is 7.75. The molecule has 0 unspecified atom stereocenters. The van der Waals surface area contributed by atoms with Crippen molar-refractivity contribution in [2.24, 2.45) is 0 Å². The summed E-state index contributed by atoms with van der Waals surface area (Å²) in [6.45, 7) is 0. The van der Waals surface area contributed by atoms with Crippen molar-refractivity contribution in [3.8, 4) is 11.1 Å². The quantitative estimate of drug-likeness (QED) is 0.485. The maximum Gasteiger partial charge on any atom is 1.00 e. The molecule has 2 nitrogen and oxygen atoms in total. The number of carbonyl (C=O) groups is 1. The molecule has 0 N–H and O–H groups in total. The Kier molecular flexibility index (Phi) is 3.38. The Hall–Kier alpha value is -1.09. The molecule has 17 heavy (non-hydrogen) atoms. The van der Waals surface area contributed by atoms with E-state index in [2.05, 4.69) is 6.07 Å². The normalized spacial score (nSPS) is 11.3. The first kappa shape index (κ1) is 12.4. The SMILES string of the molecule is O=C([O-])c1ccc2c(c1)-c1ccccc1C2.[Na+]. The number of benzene rings is 2. The van der Waals surface area contributed by atoms with Gasteiger partial charge in [-0.2, -0.15) is 0 Å². The monoisotopic (exact) mass is 232 g/mol. The van der Waals surface area contributed by atoms with Gasteiger partial charge in [0.1, 0.15) is 0 Å². The maximum absolute atomic E-state index is 10.8. The van der Waals surface area contributed by atoms with Crippen LogP contribution in [0.1, 0.15) is 21.5 Å². The predicted molar refractivity (Wildman–Crippen MR) is 59.0 cm³/mol. The predicted octanol–water partition coefficient (Wildman–Crippen LogP) is -1.37. The fourth-order valence-corrected chi connectivity index (χ4v) is 2.25. The zero-order valence-corrected chi connectivity index (χ0v) is 11.6. The second-order valence-electron chi connectivity index (χ2n) is 3.99. The van der Waals surface area contributed by atoms with Crippen LogP contribution in [0, 0.1) is 0 Å². The van der Waals surface area contributed by atoms with Crippen molar-refractivity contribution in [2.75, 3.05) is 0 Å². The van der Waals surface area contributed by atoms with Gasteiger partial charge in [0.2, 0.25) is 0 Å². The molecule has 0 saturated carbocycles. The summed E-state index contributed by atoms with van der Waals surface area (Å²) >= 11 is 0. The summed E-state index contributed by atoms with van der Waals surface area (Å²) in [5, 5.41) is 10.8. The van der Waals surface area contributed by atoms with E-state index in [0.717, 1.165) is 17.5 Å². The van der Waals surface area contributed by atoms with Crippen molar-refractivity contribution in [3.05, 3.63) is 59.2 Å². The summed E-state index contributed by atoms with van der Waals surface area (Å²) in [6, 6.07) is 13.3. The molecule has 2 aromatic carbocycles. The van der Waals surface area contributed by atoms with Crippen molar-refractivity contribution < 1.29 is 39.5 Å². The van der Waals surface area contributed by atoms with Gasteiger partial charge in [0, 0.05) is 0 Å². The number of rotatable bonds is 1. The Balaban J connectivity index is 0.00000108. The summed E-state index contributed by atoms with van der Waals surface area (Å²) in [5.74, 6) is -1.12. The number of hydrogen-bond acceptors (Lipinski definition) is 2. The molecule has 0 aromatic heterocycles. The standard InChI is InChI=1S/C14H10O2.Na/c15-14(16)11-6-5-10-7-9-3-1-2-4-12(9)13(10)8-11;/h1-6,8H,7H2,(H,15,16);/q;+1/p-1.